The van der Waals surface area contributed by atoms with Crippen molar-refractivity contribution in [3.05, 3.63) is 212 Å². The van der Waals surface area contributed by atoms with Gasteiger partial charge in [0.05, 0.1) is 0 Å². The molecule has 0 radical (unpaired) electrons. The van der Waals surface area contributed by atoms with Crippen LogP contribution in [0.3, 0.4) is 0 Å². The first-order valence-corrected chi connectivity index (χ1v) is 59.8. The van der Waals surface area contributed by atoms with E-state index in [9.17, 15) is 34.1 Å². The van der Waals surface area contributed by atoms with Gasteiger partial charge in [-0.05, 0) is 0 Å². The van der Waals surface area contributed by atoms with Crippen molar-refractivity contribution < 1.29 is 28.1 Å². The van der Waals surface area contributed by atoms with Crippen molar-refractivity contribution >= 4 is 71.6 Å². The molecule has 0 aromatic heterocycles. The molecule has 0 amide bonds. The zero-order valence-corrected chi connectivity index (χ0v) is 48.6. The van der Waals surface area contributed by atoms with Crippen molar-refractivity contribution in [2.45, 2.75) is 63.5 Å². The van der Waals surface area contributed by atoms with Gasteiger partial charge in [0.1, 0.15) is 0 Å². The Morgan fingerprint density at radius 2 is 0.688 bits per heavy atom. The van der Waals surface area contributed by atoms with E-state index in [2.05, 4.69) is 211 Å². The Kier molecular flexibility index (Phi) is 10.7. The zero-order chi connectivity index (χ0) is 45.0. The molecule has 10 rings (SSSR count). The van der Waals surface area contributed by atoms with Crippen LogP contribution in [0, 0.1) is 0 Å². The quantitative estimate of drug-likeness (QED) is 0.113. The molecule has 4 aliphatic rings. The fraction of sp³-hybridized carbons (Fsp3) is 0.214. The van der Waals surface area contributed by atoms with Crippen LogP contribution in [-0.4, -0.2) is 13.3 Å². The molecule has 0 spiro atoms. The number of rotatable bonds is 11. The summed E-state index contributed by atoms with van der Waals surface area (Å²) in [6, 6.07) is 53.2. The molecule has 0 bridgehead atoms. The number of hydrogen-bond acceptors (Lipinski definition) is 0. The van der Waals surface area contributed by atoms with Crippen molar-refractivity contribution in [3.63, 3.8) is 0 Å². The maximum absolute atomic E-state index is 9.62. The number of benzene rings is 6. The average Bonchev–Trinajstić information content (AvgIpc) is 4.06. The van der Waals surface area contributed by atoms with Crippen LogP contribution in [0.15, 0.2) is 168 Å². The van der Waals surface area contributed by atoms with Crippen LogP contribution >= 0.6 is 34.1 Å². The Labute approximate surface area is 393 Å². The molecule has 0 saturated heterocycles. The van der Waals surface area contributed by atoms with E-state index < -0.39 is 41.4 Å². The number of halogens is 4. The first-order chi connectivity index (χ1) is 30.5. The van der Waals surface area contributed by atoms with Crippen LogP contribution in [-0.2, 0) is 28.1 Å². The van der Waals surface area contributed by atoms with Crippen LogP contribution in [0.1, 0.15) is 86.7 Å². The molecule has 0 saturated carbocycles. The van der Waals surface area contributed by atoms with E-state index in [1.165, 1.54) is 89.1 Å². The van der Waals surface area contributed by atoms with E-state index in [4.69, 9.17) is 0 Å². The number of allylic oxidation sites excluding steroid dienone is 4. The molecular weight excluding hydrogens is 1050 g/mol. The second-order valence-electron chi connectivity index (χ2n) is 20.7. The van der Waals surface area contributed by atoms with E-state index in [0.29, 0.717) is 8.26 Å². The van der Waals surface area contributed by atoms with E-state index in [0.717, 1.165) is 0 Å². The van der Waals surface area contributed by atoms with Crippen LogP contribution in [0.25, 0.3) is 46.6 Å². The molecular formula is C56H58Cl4Si2Zr2. The average molecular weight is 1110 g/mol. The molecule has 6 aromatic rings. The molecule has 6 aromatic carbocycles. The second-order valence-corrected chi connectivity index (χ2v) is 127. The molecule has 0 N–H and O–H groups in total. The SMILES string of the molecule is C[SiH2][Zr]([Cl])([Cl])([CH2][CH2][Zr]([Cl])([Cl])([SiH2]C)([CH]1C(C)=Cc2ccccc21)[CH]1C(C)=Cc2c(-c3ccccc3)cccc21)([CH]1C(C)=Cc2ccccc21)[CH]1C(C)=Cc2c(-c3ccccc3)cccc21. The predicted molar refractivity (Wildman–Crippen MR) is 284 cm³/mol. The minimum atomic E-state index is -6.09. The van der Waals surface area contributed by atoms with Gasteiger partial charge in [-0.15, -0.1) is 0 Å². The predicted octanol–water partition coefficient (Wildman–Crippen LogP) is 17.1. The van der Waals surface area contributed by atoms with Crippen molar-refractivity contribution in [1.82, 2.24) is 0 Å². The Hall–Kier alpha value is -2.36. The van der Waals surface area contributed by atoms with Gasteiger partial charge in [0.15, 0.2) is 0 Å². The molecule has 0 heterocycles. The summed E-state index contributed by atoms with van der Waals surface area (Å²) < 4.78 is 0.900. The number of hydrogen-bond donors (Lipinski definition) is 0. The van der Waals surface area contributed by atoms with Crippen LogP contribution in [0.2, 0.25) is 21.4 Å². The Bertz CT molecular complexity index is 2890. The summed E-state index contributed by atoms with van der Waals surface area (Å²) in [4.78, 5) is 0. The molecule has 4 unspecified atom stereocenters. The third-order valence-corrected chi connectivity index (χ3v) is 130. The maximum atomic E-state index is 9.62. The molecule has 0 nitrogen and oxygen atoms in total. The Morgan fingerprint density at radius 1 is 0.375 bits per heavy atom. The summed E-state index contributed by atoms with van der Waals surface area (Å²) in [6.45, 7) is 11.7. The van der Waals surface area contributed by atoms with Crippen molar-refractivity contribution in [3.8, 4) is 22.3 Å². The summed E-state index contributed by atoms with van der Waals surface area (Å²) in [6.07, 6.45) is 9.65. The Morgan fingerprint density at radius 3 is 1.06 bits per heavy atom. The minimum absolute atomic E-state index is 0.0940. The van der Waals surface area contributed by atoms with E-state index in [1.807, 2.05) is 0 Å². The summed E-state index contributed by atoms with van der Waals surface area (Å²) in [7, 11) is 38.5. The van der Waals surface area contributed by atoms with Crippen molar-refractivity contribution in [2.24, 2.45) is 0 Å². The molecule has 0 aliphatic heterocycles. The third-order valence-electron chi connectivity index (χ3n) is 17.5. The molecule has 4 atom stereocenters. The van der Waals surface area contributed by atoms with Gasteiger partial charge in [-0.3, -0.25) is 0 Å². The van der Waals surface area contributed by atoms with Gasteiger partial charge in [0.25, 0.3) is 0 Å². The molecule has 326 valence electrons. The summed E-state index contributed by atoms with van der Waals surface area (Å²) in [5, 5.41) is 0. The van der Waals surface area contributed by atoms with Gasteiger partial charge < -0.3 is 0 Å². The molecule has 0 fully saturated rings. The van der Waals surface area contributed by atoms with E-state index in [1.54, 1.807) is 0 Å². The third kappa shape index (κ3) is 6.28. The standard InChI is InChI=1S/2C16H13.2C10H9.C2H4.2CH5Si.4ClH.2Zr/c2*1-12-10-14-8-5-9-15(16(14)11-12)13-6-3-2-4-7-13;2*1-8-6-9-4-2-3-5-10(9)7-8;3*1-2;;;;;;/h2*2-11H,1H3;2*2-7H,1H3;1-2H2;2*2H2,1H3;4*1H;;/q;;;;;;;;;;;2*+2/p-4. The summed E-state index contributed by atoms with van der Waals surface area (Å²) in [5.41, 5.74) is 20.1. The summed E-state index contributed by atoms with van der Waals surface area (Å²) >= 11 is -12.2. The molecule has 8 heteroatoms. The van der Waals surface area contributed by atoms with Gasteiger partial charge >= 0.3 is 398 Å². The van der Waals surface area contributed by atoms with Crippen molar-refractivity contribution in [1.29, 1.82) is 0 Å². The van der Waals surface area contributed by atoms with Crippen LogP contribution < -0.4 is 0 Å². The monoisotopic (exact) mass is 1110 g/mol. The van der Waals surface area contributed by atoms with Gasteiger partial charge in [0, 0.05) is 0 Å². The fourth-order valence-electron chi connectivity index (χ4n) is 14.7. The van der Waals surface area contributed by atoms with Gasteiger partial charge in [0.2, 0.25) is 0 Å². The molecule has 64 heavy (non-hydrogen) atoms. The Balaban J connectivity index is 1.27. The van der Waals surface area contributed by atoms with Crippen LogP contribution in [0.5, 0.6) is 0 Å². The first kappa shape index (κ1) is 45.4. The van der Waals surface area contributed by atoms with Crippen molar-refractivity contribution in [2.75, 3.05) is 0 Å². The van der Waals surface area contributed by atoms with E-state index >= 15 is 0 Å². The van der Waals surface area contributed by atoms with Crippen LogP contribution in [0.4, 0.5) is 0 Å². The van der Waals surface area contributed by atoms with Gasteiger partial charge in [-0.25, -0.2) is 0 Å². The summed E-state index contributed by atoms with van der Waals surface area (Å²) in [5.74, 6) is 0. The first-order valence-electron chi connectivity index (χ1n) is 23.3. The van der Waals surface area contributed by atoms with E-state index in [-0.39, 0.29) is 14.5 Å². The fourth-order valence-corrected chi connectivity index (χ4v) is 137. The molecule has 4 aliphatic carbocycles. The zero-order valence-electron chi connectivity index (χ0n) is 37.8. The topological polar surface area (TPSA) is 0 Å². The van der Waals surface area contributed by atoms with Gasteiger partial charge in [-0.2, -0.15) is 0 Å². The van der Waals surface area contributed by atoms with Gasteiger partial charge in [-0.1, -0.05) is 0 Å². The number of fused-ring (bicyclic) bond motifs is 4. The second kappa shape index (κ2) is 15.1. The normalized spacial score (nSPS) is 22.5.